The van der Waals surface area contributed by atoms with E-state index < -0.39 is 35.2 Å². The summed E-state index contributed by atoms with van der Waals surface area (Å²) in [5.74, 6) is -0.791. The van der Waals surface area contributed by atoms with Crippen LogP contribution in [0.25, 0.3) is 0 Å². The maximum atomic E-state index is 13.2. The topological polar surface area (TPSA) is 128 Å². The second-order valence-corrected chi connectivity index (χ2v) is 8.90. The van der Waals surface area contributed by atoms with E-state index in [1.54, 1.807) is 14.0 Å². The summed E-state index contributed by atoms with van der Waals surface area (Å²) in [4.78, 5) is 36.8. The highest BCUT2D eigenvalue weighted by Crippen LogP contribution is 2.23. The highest BCUT2D eigenvalue weighted by atomic mass is 16.5. The van der Waals surface area contributed by atoms with Crippen molar-refractivity contribution in [3.05, 3.63) is 29.8 Å². The number of aryl methyl sites for hydroxylation is 1. The molecule has 180 valence electrons. The minimum Gasteiger partial charge on any atom is -0.497 e. The van der Waals surface area contributed by atoms with Crippen molar-refractivity contribution in [3.63, 3.8) is 0 Å². The lowest BCUT2D eigenvalue weighted by atomic mass is 9.84. The molecule has 32 heavy (non-hydrogen) atoms. The van der Waals surface area contributed by atoms with Gasteiger partial charge in [-0.05, 0) is 49.3 Å². The van der Waals surface area contributed by atoms with Crippen LogP contribution in [0.5, 0.6) is 5.75 Å². The van der Waals surface area contributed by atoms with Crippen molar-refractivity contribution in [3.8, 4) is 5.75 Å². The van der Waals surface area contributed by atoms with Gasteiger partial charge in [-0.25, -0.2) is 5.06 Å². The Balaban J connectivity index is 2.93. The summed E-state index contributed by atoms with van der Waals surface area (Å²) in [7, 11) is 1.60. The number of benzene rings is 1. The average molecular weight is 452 g/mol. The summed E-state index contributed by atoms with van der Waals surface area (Å²) >= 11 is 0. The first kappa shape index (κ1) is 27.4. The van der Waals surface area contributed by atoms with Crippen LogP contribution in [0.3, 0.4) is 0 Å². The van der Waals surface area contributed by atoms with Crippen molar-refractivity contribution in [1.29, 1.82) is 0 Å². The lowest BCUT2D eigenvalue weighted by molar-refractivity contribution is -0.166. The Bertz CT molecular complexity index is 732. The van der Waals surface area contributed by atoms with E-state index in [0.29, 0.717) is 24.3 Å². The van der Waals surface area contributed by atoms with Crippen LogP contribution in [-0.2, 0) is 20.8 Å². The number of ether oxygens (including phenoxy) is 1. The molecule has 0 aliphatic carbocycles. The Hall–Kier alpha value is -2.65. The fourth-order valence-electron chi connectivity index (χ4n) is 3.40. The van der Waals surface area contributed by atoms with E-state index in [1.807, 2.05) is 45.0 Å². The minimum atomic E-state index is -0.846. The summed E-state index contributed by atoms with van der Waals surface area (Å²) in [6, 6.07) is 6.00. The van der Waals surface area contributed by atoms with Crippen LogP contribution in [-0.4, -0.2) is 65.9 Å². The highest BCUT2D eigenvalue weighted by Gasteiger charge is 2.36. The van der Waals surface area contributed by atoms with Gasteiger partial charge in [-0.2, -0.15) is 0 Å². The highest BCUT2D eigenvalue weighted by molar-refractivity contribution is 5.89. The van der Waals surface area contributed by atoms with Crippen LogP contribution in [0.15, 0.2) is 24.3 Å². The van der Waals surface area contributed by atoms with Gasteiger partial charge in [-0.3, -0.25) is 19.6 Å². The smallest absolute Gasteiger partial charge is 0.243 e. The molecule has 0 unspecified atom stereocenters. The molecule has 1 aromatic carbocycles. The van der Waals surface area contributed by atoms with Crippen molar-refractivity contribution in [1.82, 2.24) is 15.7 Å². The molecule has 1 rings (SSSR count). The molecule has 0 aliphatic heterocycles. The molecule has 0 aromatic heterocycles. The van der Waals surface area contributed by atoms with Gasteiger partial charge in [0.25, 0.3) is 0 Å². The number of rotatable bonds is 13. The Kier molecular flexibility index (Phi) is 11.1. The van der Waals surface area contributed by atoms with Gasteiger partial charge < -0.3 is 20.5 Å². The van der Waals surface area contributed by atoms with Crippen molar-refractivity contribution >= 4 is 18.2 Å². The van der Waals surface area contributed by atoms with Crippen LogP contribution in [0.2, 0.25) is 0 Å². The summed E-state index contributed by atoms with van der Waals surface area (Å²) < 4.78 is 5.16. The fraction of sp³-hybridized carbons (Fsp3) is 0.609. The zero-order valence-corrected chi connectivity index (χ0v) is 19.6. The first-order chi connectivity index (χ1) is 15.0. The van der Waals surface area contributed by atoms with Crippen LogP contribution in [0, 0.1) is 11.3 Å². The summed E-state index contributed by atoms with van der Waals surface area (Å²) in [6.45, 7) is 6.93. The number of amides is 3. The average Bonchev–Trinajstić information content (AvgIpc) is 2.77. The number of nitrogens with zero attached hydrogens (tertiary/aromatic N) is 1. The molecule has 3 amide bonds. The normalized spacial score (nSPS) is 14.1. The maximum Gasteiger partial charge on any atom is 0.243 e. The molecule has 9 nitrogen and oxygen atoms in total. The predicted octanol–water partition coefficient (Wildman–Crippen LogP) is 1.51. The number of hydrogen-bond acceptors (Lipinski definition) is 6. The first-order valence-corrected chi connectivity index (χ1v) is 10.8. The third kappa shape index (κ3) is 8.47. The standard InChI is InChI=1S/C23H37N3O6/c1-16(26(31)15-28)19(8-6-7-17-9-11-18(32-5)12-10-17)21(29)25-20(23(2,3)4)22(30)24-13-14-27/h9-12,15-16,19-20,27,31H,6-8,13-14H2,1-5H3,(H,24,30)(H,25,29)/t16-,19+,20+/m0/s1. The Labute approximate surface area is 190 Å². The number of aliphatic hydroxyl groups is 1. The molecule has 0 saturated carbocycles. The number of carbonyl (C=O) groups is 3. The number of carbonyl (C=O) groups excluding carboxylic acids is 3. The van der Waals surface area contributed by atoms with Crippen LogP contribution in [0.4, 0.5) is 0 Å². The van der Waals surface area contributed by atoms with Gasteiger partial charge in [0.1, 0.15) is 11.8 Å². The van der Waals surface area contributed by atoms with E-state index >= 15 is 0 Å². The van der Waals surface area contributed by atoms with Gasteiger partial charge in [-0.1, -0.05) is 32.9 Å². The van der Waals surface area contributed by atoms with Crippen LogP contribution >= 0.6 is 0 Å². The predicted molar refractivity (Wildman–Crippen MR) is 120 cm³/mol. The molecule has 0 heterocycles. The van der Waals surface area contributed by atoms with E-state index in [2.05, 4.69) is 10.6 Å². The van der Waals surface area contributed by atoms with Crippen LogP contribution in [0.1, 0.15) is 46.1 Å². The molecule has 0 spiro atoms. The van der Waals surface area contributed by atoms with E-state index in [4.69, 9.17) is 9.84 Å². The molecule has 0 fully saturated rings. The monoisotopic (exact) mass is 451 g/mol. The van der Waals surface area contributed by atoms with E-state index in [0.717, 1.165) is 11.3 Å². The second-order valence-electron chi connectivity index (χ2n) is 8.90. The molecule has 0 bridgehead atoms. The quantitative estimate of drug-likeness (QED) is 0.204. The van der Waals surface area contributed by atoms with E-state index in [-0.39, 0.29) is 19.6 Å². The molecule has 0 aliphatic rings. The molecular formula is C23H37N3O6. The lowest BCUT2D eigenvalue weighted by Crippen LogP contribution is -2.56. The molecule has 4 N–H and O–H groups in total. The van der Waals surface area contributed by atoms with Crippen LogP contribution < -0.4 is 15.4 Å². The van der Waals surface area contributed by atoms with Gasteiger partial charge in [0, 0.05) is 6.54 Å². The van der Waals surface area contributed by atoms with Crippen molar-refractivity contribution in [2.24, 2.45) is 11.3 Å². The Morgan fingerprint density at radius 2 is 1.81 bits per heavy atom. The Morgan fingerprint density at radius 3 is 2.31 bits per heavy atom. The second kappa shape index (κ2) is 13.0. The van der Waals surface area contributed by atoms with E-state index in [1.165, 1.54) is 0 Å². The molecule has 3 atom stereocenters. The van der Waals surface area contributed by atoms with Crippen molar-refractivity contribution in [2.45, 2.75) is 59.0 Å². The number of methoxy groups -OCH3 is 1. The van der Waals surface area contributed by atoms with Crippen molar-refractivity contribution in [2.75, 3.05) is 20.3 Å². The first-order valence-electron chi connectivity index (χ1n) is 10.8. The number of hydrogen-bond donors (Lipinski definition) is 4. The van der Waals surface area contributed by atoms with Gasteiger partial charge in [-0.15, -0.1) is 0 Å². The maximum absolute atomic E-state index is 13.2. The van der Waals surface area contributed by atoms with Gasteiger partial charge >= 0.3 is 0 Å². The molecular weight excluding hydrogens is 414 g/mol. The Morgan fingerprint density at radius 1 is 1.19 bits per heavy atom. The molecule has 9 heteroatoms. The largest absolute Gasteiger partial charge is 0.497 e. The number of hydroxylamine groups is 2. The SMILES string of the molecule is COc1ccc(CCC[C@@H](C(=O)N[C@H](C(=O)NCCO)C(C)(C)C)[C@H](C)N(O)C=O)cc1. The third-order valence-electron chi connectivity index (χ3n) is 5.41. The summed E-state index contributed by atoms with van der Waals surface area (Å²) in [5, 5.41) is 24.7. The summed E-state index contributed by atoms with van der Waals surface area (Å²) in [5.41, 5.74) is 0.486. The lowest BCUT2D eigenvalue weighted by Gasteiger charge is -2.33. The third-order valence-corrected chi connectivity index (χ3v) is 5.41. The zero-order valence-electron chi connectivity index (χ0n) is 19.6. The summed E-state index contributed by atoms with van der Waals surface area (Å²) in [6.07, 6.45) is 2.01. The molecule has 1 aromatic rings. The van der Waals surface area contributed by atoms with Gasteiger partial charge in [0.2, 0.25) is 18.2 Å². The minimum absolute atomic E-state index is 0.0819. The fourth-order valence-corrected chi connectivity index (χ4v) is 3.40. The number of aliphatic hydroxyl groups excluding tert-OH is 1. The van der Waals surface area contributed by atoms with Gasteiger partial charge in [0.15, 0.2) is 0 Å². The zero-order chi connectivity index (χ0) is 24.3. The van der Waals surface area contributed by atoms with E-state index in [9.17, 15) is 19.6 Å². The molecule has 0 saturated heterocycles. The van der Waals surface area contributed by atoms with Gasteiger partial charge in [0.05, 0.1) is 25.7 Å². The molecule has 0 radical (unpaired) electrons. The number of nitrogens with one attached hydrogen (secondary N) is 2. The van der Waals surface area contributed by atoms with Crippen molar-refractivity contribution < 1.29 is 29.4 Å².